The van der Waals surface area contributed by atoms with Crippen LogP contribution in [0, 0.1) is 5.82 Å². The minimum absolute atomic E-state index is 0.0535. The highest BCUT2D eigenvalue weighted by molar-refractivity contribution is 5.99. The van der Waals surface area contributed by atoms with E-state index in [0.717, 1.165) is 0 Å². The molecule has 0 aliphatic carbocycles. The van der Waals surface area contributed by atoms with E-state index in [2.05, 4.69) is 25.3 Å². The number of halogens is 1. The number of Topliss-reactive ketones (excluding diaryl/α,β-unsaturated/α-hetero) is 1. The number of aryl methyl sites for hydroxylation is 2. The van der Waals surface area contributed by atoms with Crippen LogP contribution < -0.4 is 16.6 Å². The zero-order valence-electron chi connectivity index (χ0n) is 17.9. The number of hydrogen-bond donors (Lipinski definition) is 2. The minimum Gasteiger partial charge on any atom is -0.443 e. The van der Waals surface area contributed by atoms with Crippen molar-refractivity contribution in [3.05, 3.63) is 70.5 Å². The Balaban J connectivity index is 1.72. The number of oxazole rings is 1. The van der Waals surface area contributed by atoms with Crippen molar-refractivity contribution in [3.8, 4) is 22.8 Å². The fraction of sp³-hybridized carbons (Fsp3) is 0.182. The van der Waals surface area contributed by atoms with Crippen molar-refractivity contribution in [2.24, 2.45) is 7.05 Å². The number of ketones is 1. The molecule has 168 valence electrons. The molecule has 0 unspecified atom stereocenters. The second kappa shape index (κ2) is 8.99. The highest BCUT2D eigenvalue weighted by Crippen LogP contribution is 2.30. The van der Waals surface area contributed by atoms with Gasteiger partial charge in [0.25, 0.3) is 0 Å². The third-order valence-electron chi connectivity index (χ3n) is 4.94. The highest BCUT2D eigenvalue weighted by Gasteiger charge is 2.22. The van der Waals surface area contributed by atoms with E-state index in [1.54, 1.807) is 26.4 Å². The summed E-state index contributed by atoms with van der Waals surface area (Å²) >= 11 is 0. The van der Waals surface area contributed by atoms with Crippen LogP contribution in [0.15, 0.2) is 52.1 Å². The molecular weight excluding hydrogens is 429 g/mol. The first-order chi connectivity index (χ1) is 15.9. The molecule has 0 amide bonds. The molecule has 0 fully saturated rings. The lowest BCUT2D eigenvalue weighted by Crippen LogP contribution is -2.16. The van der Waals surface area contributed by atoms with Gasteiger partial charge in [-0.25, -0.2) is 24.3 Å². The maximum atomic E-state index is 14.1. The molecule has 11 heteroatoms. The third kappa shape index (κ3) is 4.47. The predicted molar refractivity (Wildman–Crippen MR) is 119 cm³/mol. The van der Waals surface area contributed by atoms with Gasteiger partial charge in [-0.15, -0.1) is 0 Å². The van der Waals surface area contributed by atoms with Gasteiger partial charge in [0.1, 0.15) is 29.3 Å². The van der Waals surface area contributed by atoms with Gasteiger partial charge in [-0.05, 0) is 24.6 Å². The SMILES string of the molecule is CNc1ccc(F)c(CCC(=O)c2nc(-c3ccc(=O)n(C)c3)c(-c3ncco3)nc2N)n1. The largest absolute Gasteiger partial charge is 0.443 e. The second-order valence-corrected chi connectivity index (χ2v) is 7.16. The number of anilines is 2. The number of nitrogens with two attached hydrogens (primary N) is 1. The van der Waals surface area contributed by atoms with Crippen molar-refractivity contribution in [3.63, 3.8) is 0 Å². The van der Waals surface area contributed by atoms with E-state index >= 15 is 0 Å². The summed E-state index contributed by atoms with van der Waals surface area (Å²) in [7, 11) is 3.26. The molecule has 0 atom stereocenters. The van der Waals surface area contributed by atoms with Gasteiger partial charge < -0.3 is 20.0 Å². The molecule has 0 spiro atoms. The van der Waals surface area contributed by atoms with Crippen LogP contribution in [0.25, 0.3) is 22.8 Å². The van der Waals surface area contributed by atoms with Crippen molar-refractivity contribution in [2.75, 3.05) is 18.1 Å². The highest BCUT2D eigenvalue weighted by atomic mass is 19.1. The van der Waals surface area contributed by atoms with E-state index in [4.69, 9.17) is 10.2 Å². The molecule has 3 N–H and O–H groups in total. The number of carbonyl (C=O) groups is 1. The van der Waals surface area contributed by atoms with E-state index in [9.17, 15) is 14.0 Å². The van der Waals surface area contributed by atoms with Gasteiger partial charge >= 0.3 is 0 Å². The first-order valence-electron chi connectivity index (χ1n) is 9.98. The predicted octanol–water partition coefficient (Wildman–Crippen LogP) is 2.47. The second-order valence-electron chi connectivity index (χ2n) is 7.16. The molecule has 4 aromatic rings. The van der Waals surface area contributed by atoms with Gasteiger partial charge in [0, 0.05) is 38.3 Å². The smallest absolute Gasteiger partial charge is 0.250 e. The quantitative estimate of drug-likeness (QED) is 0.407. The van der Waals surface area contributed by atoms with E-state index in [1.165, 1.54) is 35.2 Å². The topological polar surface area (TPSA) is 142 Å². The Kier molecular flexibility index (Phi) is 5.94. The number of pyridine rings is 2. The summed E-state index contributed by atoms with van der Waals surface area (Å²) in [6.45, 7) is 0. The van der Waals surface area contributed by atoms with Crippen LogP contribution in [0.2, 0.25) is 0 Å². The normalized spacial score (nSPS) is 10.9. The van der Waals surface area contributed by atoms with Crippen molar-refractivity contribution in [1.82, 2.24) is 24.5 Å². The summed E-state index contributed by atoms with van der Waals surface area (Å²) in [5, 5.41) is 2.83. The van der Waals surface area contributed by atoms with Gasteiger partial charge in [-0.3, -0.25) is 9.59 Å². The van der Waals surface area contributed by atoms with Gasteiger partial charge in [-0.2, -0.15) is 0 Å². The number of nitrogen functional groups attached to an aromatic ring is 1. The first kappa shape index (κ1) is 21.8. The van der Waals surface area contributed by atoms with E-state index < -0.39 is 11.6 Å². The van der Waals surface area contributed by atoms with Crippen LogP contribution in [0.3, 0.4) is 0 Å². The Morgan fingerprint density at radius 3 is 2.70 bits per heavy atom. The molecule has 0 saturated carbocycles. The number of aromatic nitrogens is 5. The fourth-order valence-electron chi connectivity index (χ4n) is 3.23. The number of nitrogens with one attached hydrogen (secondary N) is 1. The molecule has 0 bridgehead atoms. The lowest BCUT2D eigenvalue weighted by molar-refractivity contribution is 0.0978. The van der Waals surface area contributed by atoms with Crippen LogP contribution in [0.4, 0.5) is 16.0 Å². The molecule has 4 heterocycles. The van der Waals surface area contributed by atoms with Crippen LogP contribution >= 0.6 is 0 Å². The molecule has 4 aromatic heterocycles. The molecule has 33 heavy (non-hydrogen) atoms. The fourth-order valence-corrected chi connectivity index (χ4v) is 3.23. The molecule has 0 aliphatic rings. The van der Waals surface area contributed by atoms with Crippen LogP contribution in [-0.2, 0) is 13.5 Å². The Morgan fingerprint density at radius 2 is 2.00 bits per heavy atom. The molecule has 4 rings (SSSR count). The Bertz CT molecular complexity index is 1380. The van der Waals surface area contributed by atoms with Crippen molar-refractivity contribution in [1.29, 1.82) is 0 Å². The Labute approximate surface area is 187 Å². The zero-order valence-corrected chi connectivity index (χ0v) is 17.9. The molecule has 0 aliphatic heterocycles. The first-order valence-corrected chi connectivity index (χ1v) is 9.98. The van der Waals surface area contributed by atoms with Crippen LogP contribution in [-0.4, -0.2) is 37.3 Å². The van der Waals surface area contributed by atoms with E-state index in [1.807, 2.05) is 0 Å². The third-order valence-corrected chi connectivity index (χ3v) is 4.94. The summed E-state index contributed by atoms with van der Waals surface area (Å²) in [6, 6.07) is 5.73. The van der Waals surface area contributed by atoms with Crippen LogP contribution in [0.1, 0.15) is 22.6 Å². The molecular formula is C22H20FN7O3. The summed E-state index contributed by atoms with van der Waals surface area (Å²) in [5.41, 5.74) is 6.93. The Hall–Kier alpha value is -4.41. The van der Waals surface area contributed by atoms with E-state index in [0.29, 0.717) is 11.4 Å². The number of carbonyl (C=O) groups excluding carboxylic acids is 1. The molecule has 0 aromatic carbocycles. The average Bonchev–Trinajstić information content (AvgIpc) is 3.35. The van der Waals surface area contributed by atoms with Crippen molar-refractivity contribution in [2.45, 2.75) is 12.8 Å². The summed E-state index contributed by atoms with van der Waals surface area (Å²) in [6.07, 6.45) is 4.35. The maximum Gasteiger partial charge on any atom is 0.250 e. The molecule has 0 saturated heterocycles. The van der Waals surface area contributed by atoms with Crippen LogP contribution in [0.5, 0.6) is 0 Å². The van der Waals surface area contributed by atoms with Gasteiger partial charge in [-0.1, -0.05) is 0 Å². The maximum absolute atomic E-state index is 14.1. The molecule has 0 radical (unpaired) electrons. The minimum atomic E-state index is -0.508. The lowest BCUT2D eigenvalue weighted by Gasteiger charge is -2.11. The Morgan fingerprint density at radius 1 is 1.18 bits per heavy atom. The monoisotopic (exact) mass is 449 g/mol. The molecule has 10 nitrogen and oxygen atoms in total. The average molecular weight is 449 g/mol. The number of nitrogens with zero attached hydrogens (tertiary/aromatic N) is 5. The number of hydrogen-bond acceptors (Lipinski definition) is 9. The van der Waals surface area contributed by atoms with E-state index in [-0.39, 0.29) is 52.9 Å². The van der Waals surface area contributed by atoms with Crippen molar-refractivity contribution >= 4 is 17.4 Å². The van der Waals surface area contributed by atoms with Crippen molar-refractivity contribution < 1.29 is 13.6 Å². The van der Waals surface area contributed by atoms with Gasteiger partial charge in [0.15, 0.2) is 17.3 Å². The summed E-state index contributed by atoms with van der Waals surface area (Å²) < 4.78 is 20.8. The van der Waals surface area contributed by atoms with Gasteiger partial charge in [0.2, 0.25) is 11.4 Å². The summed E-state index contributed by atoms with van der Waals surface area (Å²) in [5.74, 6) is -0.399. The van der Waals surface area contributed by atoms with Gasteiger partial charge in [0.05, 0.1) is 11.9 Å². The summed E-state index contributed by atoms with van der Waals surface area (Å²) in [4.78, 5) is 41.8. The zero-order chi connectivity index (χ0) is 23.5. The lowest BCUT2D eigenvalue weighted by atomic mass is 10.1. The standard InChI is InChI=1S/C22H20FN7O3/c1-25-16-7-4-13(23)14(27-16)5-6-15(31)19-21(24)29-20(22-26-9-10-33-22)18(28-19)12-3-8-17(32)30(2)11-12/h3-4,7-11H,5-6H2,1-2H3,(H2,24,29)(H,25,27). The number of rotatable bonds is 7.